The van der Waals surface area contributed by atoms with Gasteiger partial charge in [-0.2, -0.15) is 13.2 Å². The Labute approximate surface area is 158 Å². The lowest BCUT2D eigenvalue weighted by Gasteiger charge is -2.35. The number of benzene rings is 2. The standard InChI is InChI=1S/C18H16ClF3N2O3/c1-2-27-16(26)17(18(20,21)22,23-14-11-7-6-10-13(14)19)24-15(25)12-8-4-3-5-9-12/h3-11,23H,2H2,1H3,(H,24,25)/t17-/m1/s1. The van der Waals surface area contributed by atoms with Crippen LogP contribution in [0.4, 0.5) is 18.9 Å². The van der Waals surface area contributed by atoms with E-state index in [1.807, 2.05) is 5.32 Å². The van der Waals surface area contributed by atoms with Crippen molar-refractivity contribution in [1.29, 1.82) is 0 Å². The number of para-hydroxylation sites is 1. The Morgan fingerprint density at radius 2 is 1.63 bits per heavy atom. The summed E-state index contributed by atoms with van der Waals surface area (Å²) in [6, 6.07) is 12.7. The van der Waals surface area contributed by atoms with Gasteiger partial charge in [0.05, 0.1) is 17.3 Å². The molecular formula is C18H16ClF3N2O3. The second-order valence-corrected chi connectivity index (χ2v) is 5.80. The normalized spacial score (nSPS) is 13.4. The number of halogens is 4. The average Bonchev–Trinajstić information content (AvgIpc) is 2.62. The van der Waals surface area contributed by atoms with Crippen LogP contribution in [0.15, 0.2) is 54.6 Å². The summed E-state index contributed by atoms with van der Waals surface area (Å²) in [4.78, 5) is 24.7. The molecule has 2 aromatic rings. The van der Waals surface area contributed by atoms with Crippen molar-refractivity contribution >= 4 is 29.2 Å². The Kier molecular flexibility index (Phi) is 6.32. The molecule has 1 atom stereocenters. The molecule has 5 nitrogen and oxygen atoms in total. The molecule has 27 heavy (non-hydrogen) atoms. The van der Waals surface area contributed by atoms with Crippen molar-refractivity contribution in [1.82, 2.24) is 5.32 Å². The van der Waals surface area contributed by atoms with Gasteiger partial charge in [0.15, 0.2) is 0 Å². The minimum atomic E-state index is -5.23. The lowest BCUT2D eigenvalue weighted by atomic mass is 10.1. The van der Waals surface area contributed by atoms with Crippen LogP contribution in [-0.4, -0.2) is 30.3 Å². The highest BCUT2D eigenvalue weighted by molar-refractivity contribution is 6.33. The monoisotopic (exact) mass is 400 g/mol. The number of amides is 1. The molecule has 144 valence electrons. The van der Waals surface area contributed by atoms with Crippen LogP contribution in [0, 0.1) is 0 Å². The van der Waals surface area contributed by atoms with Gasteiger partial charge in [-0.05, 0) is 31.2 Å². The minimum Gasteiger partial charge on any atom is -0.463 e. The number of hydrogen-bond donors (Lipinski definition) is 2. The number of rotatable bonds is 6. The van der Waals surface area contributed by atoms with Gasteiger partial charge in [-0.25, -0.2) is 4.79 Å². The smallest absolute Gasteiger partial charge is 0.441 e. The zero-order chi connectivity index (χ0) is 20.1. The van der Waals surface area contributed by atoms with Crippen molar-refractivity contribution in [2.75, 3.05) is 11.9 Å². The lowest BCUT2D eigenvalue weighted by Crippen LogP contribution is -2.69. The molecule has 0 saturated carbocycles. The molecule has 9 heteroatoms. The summed E-state index contributed by atoms with van der Waals surface area (Å²) in [6.45, 7) is 1.04. The van der Waals surface area contributed by atoms with Crippen LogP contribution >= 0.6 is 11.6 Å². The number of esters is 1. The summed E-state index contributed by atoms with van der Waals surface area (Å²) in [7, 11) is 0. The van der Waals surface area contributed by atoms with Crippen LogP contribution in [0.25, 0.3) is 0 Å². The van der Waals surface area contributed by atoms with E-state index in [-0.39, 0.29) is 22.9 Å². The largest absolute Gasteiger partial charge is 0.463 e. The number of hydrogen-bond acceptors (Lipinski definition) is 4. The van der Waals surface area contributed by atoms with Gasteiger partial charge in [-0.15, -0.1) is 0 Å². The molecular weight excluding hydrogens is 385 g/mol. The molecule has 0 saturated heterocycles. The summed E-state index contributed by atoms with van der Waals surface area (Å²) < 4.78 is 46.7. The second kappa shape index (κ2) is 8.30. The summed E-state index contributed by atoms with van der Waals surface area (Å²) in [5.41, 5.74) is -3.78. The summed E-state index contributed by atoms with van der Waals surface area (Å²) in [5.74, 6) is -2.82. The number of alkyl halides is 3. The van der Waals surface area contributed by atoms with E-state index in [9.17, 15) is 22.8 Å². The number of carbonyl (C=O) groups is 2. The quantitative estimate of drug-likeness (QED) is 0.568. The molecule has 0 bridgehead atoms. The fourth-order valence-corrected chi connectivity index (χ4v) is 2.41. The molecule has 0 aliphatic rings. The number of carbonyl (C=O) groups excluding carboxylic acids is 2. The van der Waals surface area contributed by atoms with Crippen LogP contribution in [0.1, 0.15) is 17.3 Å². The average molecular weight is 401 g/mol. The van der Waals surface area contributed by atoms with Gasteiger partial charge in [0, 0.05) is 5.56 Å². The van der Waals surface area contributed by atoms with Crippen LogP contribution in [0.2, 0.25) is 5.02 Å². The maximum absolute atomic E-state index is 14.0. The zero-order valence-electron chi connectivity index (χ0n) is 14.1. The van der Waals surface area contributed by atoms with Gasteiger partial charge < -0.3 is 15.4 Å². The van der Waals surface area contributed by atoms with Crippen LogP contribution < -0.4 is 10.6 Å². The van der Waals surface area contributed by atoms with E-state index in [4.69, 9.17) is 11.6 Å². The van der Waals surface area contributed by atoms with Gasteiger partial charge in [0.25, 0.3) is 5.91 Å². The first-order valence-electron chi connectivity index (χ1n) is 7.85. The molecule has 0 fully saturated rings. The van der Waals surface area contributed by atoms with Crippen molar-refractivity contribution in [3.05, 3.63) is 65.2 Å². The lowest BCUT2D eigenvalue weighted by molar-refractivity contribution is -0.204. The van der Waals surface area contributed by atoms with Crippen molar-refractivity contribution in [3.8, 4) is 0 Å². The number of nitrogens with one attached hydrogen (secondary N) is 2. The fourth-order valence-electron chi connectivity index (χ4n) is 2.23. The van der Waals surface area contributed by atoms with E-state index in [0.29, 0.717) is 0 Å². The molecule has 0 aliphatic carbocycles. The Morgan fingerprint density at radius 3 is 2.19 bits per heavy atom. The Balaban J connectivity index is 2.52. The maximum Gasteiger partial charge on any atom is 0.441 e. The summed E-state index contributed by atoms with van der Waals surface area (Å²) in [5, 5.41) is 3.70. The topological polar surface area (TPSA) is 67.4 Å². The van der Waals surface area contributed by atoms with Crippen LogP contribution in [-0.2, 0) is 9.53 Å². The number of anilines is 1. The Hall–Kier alpha value is -2.74. The van der Waals surface area contributed by atoms with Gasteiger partial charge >= 0.3 is 17.8 Å². The zero-order valence-corrected chi connectivity index (χ0v) is 14.9. The fraction of sp³-hybridized carbons (Fsp3) is 0.222. The van der Waals surface area contributed by atoms with E-state index in [0.717, 1.165) is 0 Å². The second-order valence-electron chi connectivity index (χ2n) is 5.39. The van der Waals surface area contributed by atoms with E-state index in [1.165, 1.54) is 55.5 Å². The highest BCUT2D eigenvalue weighted by Gasteiger charge is 2.63. The molecule has 0 radical (unpaired) electrons. The Morgan fingerprint density at radius 1 is 1.04 bits per heavy atom. The van der Waals surface area contributed by atoms with Crippen molar-refractivity contribution < 1.29 is 27.5 Å². The summed E-state index contributed by atoms with van der Waals surface area (Å²) >= 11 is 5.92. The highest BCUT2D eigenvalue weighted by atomic mass is 35.5. The Bertz CT molecular complexity index is 815. The van der Waals surface area contributed by atoms with Crippen molar-refractivity contribution in [2.24, 2.45) is 0 Å². The third-order valence-corrected chi connectivity index (χ3v) is 3.87. The maximum atomic E-state index is 14.0. The summed E-state index contributed by atoms with van der Waals surface area (Å²) in [6.07, 6.45) is -5.23. The third-order valence-electron chi connectivity index (χ3n) is 3.54. The first-order chi connectivity index (χ1) is 12.7. The molecule has 2 N–H and O–H groups in total. The predicted octanol–water partition coefficient (Wildman–Crippen LogP) is 4.00. The van der Waals surface area contributed by atoms with Gasteiger partial charge in [-0.1, -0.05) is 41.9 Å². The van der Waals surface area contributed by atoms with Gasteiger partial charge in [0.1, 0.15) is 0 Å². The van der Waals surface area contributed by atoms with Gasteiger partial charge in [-0.3, -0.25) is 4.79 Å². The molecule has 2 rings (SSSR count). The molecule has 0 heterocycles. The first-order valence-corrected chi connectivity index (χ1v) is 8.23. The van der Waals surface area contributed by atoms with E-state index in [1.54, 1.807) is 11.4 Å². The third kappa shape index (κ3) is 4.51. The van der Waals surface area contributed by atoms with E-state index >= 15 is 0 Å². The van der Waals surface area contributed by atoms with E-state index < -0.39 is 23.7 Å². The van der Waals surface area contributed by atoms with E-state index in [2.05, 4.69) is 4.74 Å². The van der Waals surface area contributed by atoms with Crippen molar-refractivity contribution in [3.63, 3.8) is 0 Å². The minimum absolute atomic E-state index is 0.0589. The number of ether oxygens (including phenoxy) is 1. The van der Waals surface area contributed by atoms with Crippen molar-refractivity contribution in [2.45, 2.75) is 18.8 Å². The van der Waals surface area contributed by atoms with Crippen LogP contribution in [0.3, 0.4) is 0 Å². The molecule has 0 unspecified atom stereocenters. The molecule has 0 spiro atoms. The first kappa shape index (κ1) is 20.6. The predicted molar refractivity (Wildman–Crippen MR) is 94.4 cm³/mol. The molecule has 1 amide bonds. The molecule has 0 aliphatic heterocycles. The van der Waals surface area contributed by atoms with Crippen LogP contribution in [0.5, 0.6) is 0 Å². The SMILES string of the molecule is CCOC(=O)[C@](NC(=O)c1ccccc1)(Nc1ccccc1Cl)C(F)(F)F. The highest BCUT2D eigenvalue weighted by Crippen LogP contribution is 2.35. The molecule has 2 aromatic carbocycles. The van der Waals surface area contributed by atoms with Gasteiger partial charge in [0.2, 0.25) is 0 Å². The molecule has 0 aromatic heterocycles.